The minimum Gasteiger partial charge on any atom is -0.497 e. The van der Waals surface area contributed by atoms with Crippen molar-refractivity contribution in [3.05, 3.63) is 29.3 Å². The maximum absolute atomic E-state index is 9.18. The Balaban J connectivity index is 2.96. The largest absolute Gasteiger partial charge is 0.497 e. The van der Waals surface area contributed by atoms with Gasteiger partial charge in [0.2, 0.25) is 0 Å². The first-order valence-electron chi connectivity index (χ1n) is 5.61. The van der Waals surface area contributed by atoms with Crippen molar-refractivity contribution in [2.45, 2.75) is 25.7 Å². The highest BCUT2D eigenvalue weighted by molar-refractivity contribution is 5.37. The predicted octanol–water partition coefficient (Wildman–Crippen LogP) is 1.72. The van der Waals surface area contributed by atoms with Gasteiger partial charge in [-0.2, -0.15) is 0 Å². The van der Waals surface area contributed by atoms with Crippen molar-refractivity contribution < 1.29 is 14.9 Å². The number of hydrogen-bond acceptors (Lipinski definition) is 3. The van der Waals surface area contributed by atoms with Gasteiger partial charge in [-0.25, -0.2) is 0 Å². The summed E-state index contributed by atoms with van der Waals surface area (Å²) in [7, 11) is 1.64. The van der Waals surface area contributed by atoms with E-state index in [1.807, 2.05) is 25.1 Å². The second kappa shape index (κ2) is 6.51. The number of methoxy groups -OCH3 is 1. The first kappa shape index (κ1) is 13.0. The highest BCUT2D eigenvalue weighted by Crippen LogP contribution is 2.25. The summed E-state index contributed by atoms with van der Waals surface area (Å²) in [6, 6.07) is 5.88. The van der Waals surface area contributed by atoms with Crippen LogP contribution in [-0.4, -0.2) is 30.5 Å². The van der Waals surface area contributed by atoms with E-state index in [1.165, 1.54) is 0 Å². The number of aliphatic hydroxyl groups is 2. The Bertz CT molecular complexity index is 323. The first-order valence-corrected chi connectivity index (χ1v) is 5.61. The molecule has 0 amide bonds. The summed E-state index contributed by atoms with van der Waals surface area (Å²) in [6.07, 6.45) is 1.55. The monoisotopic (exact) mass is 224 g/mol. The third-order valence-corrected chi connectivity index (χ3v) is 2.76. The van der Waals surface area contributed by atoms with Crippen molar-refractivity contribution in [1.29, 1.82) is 0 Å². The van der Waals surface area contributed by atoms with E-state index < -0.39 is 0 Å². The van der Waals surface area contributed by atoms with Crippen molar-refractivity contribution in [1.82, 2.24) is 0 Å². The molecule has 1 aromatic carbocycles. The lowest BCUT2D eigenvalue weighted by molar-refractivity contribution is 0.271. The summed E-state index contributed by atoms with van der Waals surface area (Å²) in [6.45, 7) is 2.31. The van der Waals surface area contributed by atoms with E-state index in [1.54, 1.807) is 7.11 Å². The van der Waals surface area contributed by atoms with Gasteiger partial charge >= 0.3 is 0 Å². The molecule has 16 heavy (non-hydrogen) atoms. The van der Waals surface area contributed by atoms with Crippen LogP contribution in [0.25, 0.3) is 0 Å². The summed E-state index contributed by atoms with van der Waals surface area (Å²) in [5.41, 5.74) is 2.28. The van der Waals surface area contributed by atoms with Crippen LogP contribution in [0.15, 0.2) is 18.2 Å². The lowest BCUT2D eigenvalue weighted by Crippen LogP contribution is -2.04. The quantitative estimate of drug-likeness (QED) is 0.773. The molecule has 0 fully saturated rings. The summed E-state index contributed by atoms with van der Waals surface area (Å²) in [4.78, 5) is 0. The minimum absolute atomic E-state index is 0.125. The fraction of sp³-hybridized carbons (Fsp3) is 0.538. The molecule has 0 heterocycles. The number of hydrogen-bond donors (Lipinski definition) is 2. The van der Waals surface area contributed by atoms with Crippen LogP contribution in [0.5, 0.6) is 5.75 Å². The molecule has 1 rings (SSSR count). The molecule has 0 radical (unpaired) electrons. The molecule has 2 N–H and O–H groups in total. The highest BCUT2D eigenvalue weighted by atomic mass is 16.5. The third-order valence-electron chi connectivity index (χ3n) is 2.76. The van der Waals surface area contributed by atoms with Gasteiger partial charge in [0.05, 0.1) is 7.11 Å². The van der Waals surface area contributed by atoms with Crippen LogP contribution in [-0.2, 0) is 6.42 Å². The van der Waals surface area contributed by atoms with Gasteiger partial charge in [-0.1, -0.05) is 13.0 Å². The minimum atomic E-state index is 0.125. The zero-order chi connectivity index (χ0) is 12.0. The van der Waals surface area contributed by atoms with Crippen LogP contribution in [0.2, 0.25) is 0 Å². The van der Waals surface area contributed by atoms with Gasteiger partial charge < -0.3 is 14.9 Å². The fourth-order valence-electron chi connectivity index (χ4n) is 1.77. The number of aliphatic hydroxyl groups excluding tert-OH is 2. The molecule has 90 valence electrons. The molecule has 0 aromatic heterocycles. The molecule has 0 spiro atoms. The topological polar surface area (TPSA) is 49.7 Å². The Morgan fingerprint density at radius 2 is 2.06 bits per heavy atom. The van der Waals surface area contributed by atoms with Crippen molar-refractivity contribution in [3.63, 3.8) is 0 Å². The predicted molar refractivity (Wildman–Crippen MR) is 63.9 cm³/mol. The normalized spacial score (nSPS) is 12.5. The van der Waals surface area contributed by atoms with E-state index in [4.69, 9.17) is 9.84 Å². The standard InChI is InChI=1S/C13H20O3/c1-10(9-15)13-6-5-12(16-2)8-11(13)4-3-7-14/h5-6,8,10,14-15H,3-4,7,9H2,1-2H3. The number of benzene rings is 1. The van der Waals surface area contributed by atoms with Crippen LogP contribution in [0.1, 0.15) is 30.4 Å². The molecule has 3 heteroatoms. The van der Waals surface area contributed by atoms with Crippen molar-refractivity contribution in [3.8, 4) is 5.75 Å². The molecule has 1 atom stereocenters. The molecule has 1 unspecified atom stereocenters. The Hall–Kier alpha value is -1.06. The Morgan fingerprint density at radius 3 is 2.62 bits per heavy atom. The maximum atomic E-state index is 9.18. The van der Waals surface area contributed by atoms with E-state index in [0.29, 0.717) is 0 Å². The van der Waals surface area contributed by atoms with Crippen molar-refractivity contribution in [2.75, 3.05) is 20.3 Å². The number of aryl methyl sites for hydroxylation is 1. The number of rotatable bonds is 6. The van der Waals surface area contributed by atoms with Gasteiger partial charge in [-0.3, -0.25) is 0 Å². The molecule has 0 saturated carbocycles. The average molecular weight is 224 g/mol. The smallest absolute Gasteiger partial charge is 0.119 e. The van der Waals surface area contributed by atoms with E-state index >= 15 is 0 Å². The molecule has 0 aliphatic heterocycles. The van der Waals surface area contributed by atoms with E-state index in [9.17, 15) is 5.11 Å². The van der Waals surface area contributed by atoms with E-state index in [0.717, 1.165) is 29.7 Å². The third kappa shape index (κ3) is 3.22. The van der Waals surface area contributed by atoms with Crippen molar-refractivity contribution in [2.24, 2.45) is 0 Å². The van der Waals surface area contributed by atoms with Crippen LogP contribution in [0.4, 0.5) is 0 Å². The van der Waals surface area contributed by atoms with Crippen LogP contribution in [0, 0.1) is 0 Å². The molecule has 1 aromatic rings. The Kier molecular flexibility index (Phi) is 5.29. The summed E-state index contributed by atoms with van der Waals surface area (Å²) >= 11 is 0. The molecular formula is C13H20O3. The van der Waals surface area contributed by atoms with Gasteiger partial charge in [0.25, 0.3) is 0 Å². The molecule has 0 bridgehead atoms. The van der Waals surface area contributed by atoms with Crippen molar-refractivity contribution >= 4 is 0 Å². The molecule has 0 aliphatic carbocycles. The molecule has 0 saturated heterocycles. The average Bonchev–Trinajstić information content (AvgIpc) is 2.34. The second-order valence-corrected chi connectivity index (χ2v) is 3.98. The zero-order valence-corrected chi connectivity index (χ0v) is 9.94. The van der Waals surface area contributed by atoms with Gasteiger partial charge in [-0.15, -0.1) is 0 Å². The lowest BCUT2D eigenvalue weighted by Gasteiger charge is -2.15. The first-order chi connectivity index (χ1) is 7.72. The van der Waals surface area contributed by atoms with Gasteiger partial charge in [0, 0.05) is 19.1 Å². The summed E-state index contributed by atoms with van der Waals surface area (Å²) in [5, 5.41) is 18.0. The lowest BCUT2D eigenvalue weighted by atomic mass is 9.93. The van der Waals surface area contributed by atoms with Gasteiger partial charge in [0.1, 0.15) is 5.75 Å². The summed E-state index contributed by atoms with van der Waals surface area (Å²) in [5.74, 6) is 0.946. The number of ether oxygens (including phenoxy) is 1. The van der Waals surface area contributed by atoms with E-state index in [-0.39, 0.29) is 19.1 Å². The van der Waals surface area contributed by atoms with Gasteiger partial charge in [0.15, 0.2) is 0 Å². The van der Waals surface area contributed by atoms with Crippen LogP contribution in [0.3, 0.4) is 0 Å². The molecular weight excluding hydrogens is 204 g/mol. The fourth-order valence-corrected chi connectivity index (χ4v) is 1.77. The molecule has 3 nitrogen and oxygen atoms in total. The Labute approximate surface area is 96.7 Å². The van der Waals surface area contributed by atoms with Crippen LogP contribution < -0.4 is 4.74 Å². The second-order valence-electron chi connectivity index (χ2n) is 3.98. The summed E-state index contributed by atoms with van der Waals surface area (Å²) < 4.78 is 5.18. The Morgan fingerprint density at radius 1 is 1.31 bits per heavy atom. The maximum Gasteiger partial charge on any atom is 0.119 e. The van der Waals surface area contributed by atoms with E-state index in [2.05, 4.69) is 0 Å². The SMILES string of the molecule is COc1ccc(C(C)CO)c(CCCO)c1. The zero-order valence-electron chi connectivity index (χ0n) is 9.94. The molecule has 0 aliphatic rings. The van der Waals surface area contributed by atoms with Crippen LogP contribution >= 0.6 is 0 Å². The highest BCUT2D eigenvalue weighted by Gasteiger charge is 2.10. The van der Waals surface area contributed by atoms with Gasteiger partial charge in [-0.05, 0) is 36.1 Å².